The Morgan fingerprint density at radius 1 is 0.697 bits per heavy atom. The Morgan fingerprint density at radius 2 is 1.24 bits per heavy atom. The Bertz CT molecular complexity index is 1400. The molecule has 0 spiro atoms. The largest absolute Gasteiger partial charge is 0.310 e. The second-order valence-corrected chi connectivity index (χ2v) is 15.4. The first-order valence-electron chi connectivity index (χ1n) is 10.7. The molecule has 2 aliphatic rings. The summed E-state index contributed by atoms with van der Waals surface area (Å²) in [6.45, 7) is 0. The number of benzene rings is 4. The summed E-state index contributed by atoms with van der Waals surface area (Å²) in [5.74, 6) is 0. The van der Waals surface area contributed by atoms with Gasteiger partial charge in [0.05, 0.1) is 11.3 Å². The molecule has 1 heterocycles. The average Bonchev–Trinajstić information content (AvgIpc) is 3.35. The summed E-state index contributed by atoms with van der Waals surface area (Å²) in [7, 11) is 0. The summed E-state index contributed by atoms with van der Waals surface area (Å²) in [6, 6.07) is 33.5. The Hall–Kier alpha value is -1.84. The van der Waals surface area contributed by atoms with Crippen LogP contribution in [0.4, 0.5) is 0 Å². The van der Waals surface area contributed by atoms with Crippen molar-refractivity contribution in [2.75, 3.05) is 0 Å². The second kappa shape index (κ2) is 8.43. The molecule has 0 N–H and O–H groups in total. The van der Waals surface area contributed by atoms with Crippen LogP contribution in [0.1, 0.15) is 33.6 Å². The predicted octanol–water partition coefficient (Wildman–Crippen LogP) is 10.1. The van der Waals surface area contributed by atoms with Gasteiger partial charge in [-0.3, -0.25) is 0 Å². The van der Waals surface area contributed by atoms with Crippen LogP contribution >= 0.6 is 49.6 Å². The molecule has 0 fully saturated rings. The molecule has 4 aromatic rings. The lowest BCUT2D eigenvalue weighted by Gasteiger charge is -2.28. The fraction of sp³-hybridized carbons (Fsp3) is 0.0714. The Morgan fingerprint density at radius 3 is 1.82 bits per heavy atom. The third kappa shape index (κ3) is 3.63. The van der Waals surface area contributed by atoms with E-state index in [9.17, 15) is 0 Å². The highest BCUT2D eigenvalue weighted by Gasteiger charge is 2.50. The minimum Gasteiger partial charge on any atom is -0.310 e. The molecule has 0 saturated heterocycles. The lowest BCUT2D eigenvalue weighted by Crippen LogP contribution is -2.02. The van der Waals surface area contributed by atoms with Crippen molar-refractivity contribution in [3.05, 3.63) is 134 Å². The van der Waals surface area contributed by atoms with Crippen LogP contribution in [-0.4, -0.2) is 0 Å². The Kier molecular flexibility index (Phi) is 5.54. The summed E-state index contributed by atoms with van der Waals surface area (Å²) < 4.78 is 17.4. The summed E-state index contributed by atoms with van der Waals surface area (Å²) in [5, 5.41) is 0. The van der Waals surface area contributed by atoms with E-state index in [1.54, 1.807) is 11.4 Å². The normalized spacial score (nSPS) is 21.5. The number of hydrogen-bond donors (Lipinski definition) is 0. The van der Waals surface area contributed by atoms with Crippen molar-refractivity contribution in [2.45, 2.75) is 11.3 Å². The van der Waals surface area contributed by atoms with E-state index in [0.717, 1.165) is 36.1 Å². The molecular weight excluding hydrogens is 575 g/mol. The van der Waals surface area contributed by atoms with Gasteiger partial charge in [-0.1, -0.05) is 122 Å². The van der Waals surface area contributed by atoms with Crippen LogP contribution in [0.2, 0.25) is 0 Å². The lowest BCUT2D eigenvalue weighted by molar-refractivity contribution is 0.577. The van der Waals surface area contributed by atoms with Gasteiger partial charge in [0.25, 0.3) is 0 Å². The quantitative estimate of drug-likeness (QED) is 0.220. The van der Waals surface area contributed by atoms with Crippen LogP contribution < -0.4 is 0 Å². The van der Waals surface area contributed by atoms with Gasteiger partial charge in [-0.2, -0.15) is 0 Å². The fourth-order valence-electron chi connectivity index (χ4n) is 4.97. The molecule has 1 aliphatic heterocycles. The molecule has 0 bridgehead atoms. The minimum atomic E-state index is -2.89. The van der Waals surface area contributed by atoms with Crippen LogP contribution in [0.5, 0.6) is 0 Å². The number of fused-ring (bicyclic) bond motifs is 3. The Labute approximate surface area is 214 Å². The highest BCUT2D eigenvalue weighted by atomic mass is 79.9. The molecule has 5 heteroatoms. The number of hydrogen-bond acceptors (Lipinski definition) is 2. The number of halogens is 2. The molecule has 2 atom stereocenters. The van der Waals surface area contributed by atoms with E-state index in [2.05, 4.69) is 98.6 Å². The van der Waals surface area contributed by atoms with E-state index in [0.29, 0.717) is 0 Å². The van der Waals surface area contributed by atoms with Crippen molar-refractivity contribution in [2.24, 2.45) is 0 Å². The van der Waals surface area contributed by atoms with Crippen LogP contribution in [-0.2, 0) is 4.57 Å². The highest BCUT2D eigenvalue weighted by molar-refractivity contribution is 9.10. The summed E-state index contributed by atoms with van der Waals surface area (Å²) >= 11 is 8.93. The topological polar surface area (TPSA) is 17.1 Å². The SMILES string of the molecule is O=[P@@]1(C2c3cc(Br)ccc3-c3ccc(Br)cc32)SC(c2ccccc2)=C[C@H]1c1ccccc1. The van der Waals surface area contributed by atoms with Gasteiger partial charge >= 0.3 is 0 Å². The molecule has 1 aliphatic carbocycles. The maximum absolute atomic E-state index is 15.4. The molecule has 0 saturated carbocycles. The molecule has 162 valence electrons. The fourth-order valence-corrected chi connectivity index (χ4v) is 12.6. The van der Waals surface area contributed by atoms with Crippen molar-refractivity contribution in [3.8, 4) is 11.1 Å². The van der Waals surface area contributed by atoms with E-state index in [1.165, 1.54) is 11.1 Å². The van der Waals surface area contributed by atoms with Crippen molar-refractivity contribution in [1.29, 1.82) is 0 Å². The van der Waals surface area contributed by atoms with Gasteiger partial charge in [-0.05, 0) is 57.6 Å². The van der Waals surface area contributed by atoms with E-state index in [-0.39, 0.29) is 11.3 Å². The minimum absolute atomic E-state index is 0.152. The molecular formula is C28H19Br2OPS. The van der Waals surface area contributed by atoms with Gasteiger partial charge < -0.3 is 4.57 Å². The third-order valence-electron chi connectivity index (χ3n) is 6.40. The van der Waals surface area contributed by atoms with Crippen molar-refractivity contribution >= 4 is 54.5 Å². The highest BCUT2D eigenvalue weighted by Crippen LogP contribution is 2.86. The van der Waals surface area contributed by atoms with Crippen LogP contribution in [0.3, 0.4) is 0 Å². The average molecular weight is 594 g/mol. The molecule has 0 aromatic heterocycles. The lowest BCUT2D eigenvalue weighted by atomic mass is 10.1. The molecule has 6 rings (SSSR count). The standard InChI is InChI=1S/C28H19Br2OPS/c29-20-11-13-22-23-14-12-21(30)16-25(23)28(24(22)15-20)32(31)26(18-7-3-1-4-8-18)17-27(33-32)19-9-5-2-6-10-19/h1-17,26,28H/t26-,32+/m0/s1. The van der Waals surface area contributed by atoms with Gasteiger partial charge in [-0.15, -0.1) is 0 Å². The first kappa shape index (κ1) is 21.7. The zero-order valence-electron chi connectivity index (χ0n) is 17.5. The van der Waals surface area contributed by atoms with Crippen LogP contribution in [0.15, 0.2) is 112 Å². The summed E-state index contributed by atoms with van der Waals surface area (Å²) in [4.78, 5) is 1.10. The van der Waals surface area contributed by atoms with E-state index >= 15 is 4.57 Å². The first-order valence-corrected chi connectivity index (χ1v) is 15.6. The molecule has 0 radical (unpaired) electrons. The first-order chi connectivity index (χ1) is 16.0. The molecule has 1 nitrogen and oxygen atoms in total. The molecule has 0 amide bonds. The maximum Gasteiger partial charge on any atom is 0.165 e. The van der Waals surface area contributed by atoms with Gasteiger partial charge in [0, 0.05) is 13.9 Å². The number of rotatable bonds is 3. The second-order valence-electron chi connectivity index (χ2n) is 8.35. The summed E-state index contributed by atoms with van der Waals surface area (Å²) in [6.07, 6.45) is -0.653. The smallest absolute Gasteiger partial charge is 0.165 e. The van der Waals surface area contributed by atoms with Gasteiger partial charge in [0.15, 0.2) is 6.34 Å². The molecule has 0 unspecified atom stereocenters. The van der Waals surface area contributed by atoms with E-state index in [1.807, 2.05) is 36.4 Å². The molecule has 33 heavy (non-hydrogen) atoms. The molecule has 4 aromatic carbocycles. The predicted molar refractivity (Wildman–Crippen MR) is 148 cm³/mol. The van der Waals surface area contributed by atoms with Crippen molar-refractivity contribution in [1.82, 2.24) is 0 Å². The maximum atomic E-state index is 15.4. The Balaban J connectivity index is 1.58. The third-order valence-corrected chi connectivity index (χ3v) is 13.5. The summed E-state index contributed by atoms with van der Waals surface area (Å²) in [5.41, 5.74) is 6.57. The number of allylic oxidation sites excluding steroid dienone is 1. The van der Waals surface area contributed by atoms with Crippen LogP contribution in [0.25, 0.3) is 16.0 Å². The van der Waals surface area contributed by atoms with Crippen molar-refractivity contribution in [3.63, 3.8) is 0 Å². The monoisotopic (exact) mass is 592 g/mol. The zero-order chi connectivity index (χ0) is 22.6. The zero-order valence-corrected chi connectivity index (χ0v) is 22.4. The van der Waals surface area contributed by atoms with Crippen LogP contribution in [0, 0.1) is 0 Å². The van der Waals surface area contributed by atoms with Gasteiger partial charge in [-0.25, -0.2) is 0 Å². The van der Waals surface area contributed by atoms with Gasteiger partial charge in [0.2, 0.25) is 0 Å². The van der Waals surface area contributed by atoms with Crippen molar-refractivity contribution < 1.29 is 4.57 Å². The van der Waals surface area contributed by atoms with E-state index in [4.69, 9.17) is 0 Å². The van der Waals surface area contributed by atoms with E-state index < -0.39 is 6.34 Å². The van der Waals surface area contributed by atoms with Gasteiger partial charge in [0.1, 0.15) is 0 Å².